The number of para-hydroxylation sites is 1. The predicted octanol–water partition coefficient (Wildman–Crippen LogP) is 3.07. The molecule has 17 heavy (non-hydrogen) atoms. The van der Waals surface area contributed by atoms with Gasteiger partial charge in [-0.3, -0.25) is 0 Å². The number of hydrogen-bond acceptors (Lipinski definition) is 1. The van der Waals surface area contributed by atoms with E-state index >= 15 is 0 Å². The number of benzene rings is 1. The number of hydrogen-bond donors (Lipinski definition) is 0. The van der Waals surface area contributed by atoms with Gasteiger partial charge in [-0.1, -0.05) is 24.8 Å². The molecule has 0 radical (unpaired) electrons. The molecule has 0 aliphatic carbocycles. The Bertz CT molecular complexity index is 592. The Kier molecular flexibility index (Phi) is 2.25. The summed E-state index contributed by atoms with van der Waals surface area (Å²) < 4.78 is 2.33. The van der Waals surface area contributed by atoms with E-state index in [4.69, 9.17) is 0 Å². The lowest BCUT2D eigenvalue weighted by Crippen LogP contribution is -2.29. The highest BCUT2D eigenvalue weighted by atomic mass is 15.2. The van der Waals surface area contributed by atoms with Gasteiger partial charge >= 0.3 is 0 Å². The van der Waals surface area contributed by atoms with E-state index in [2.05, 4.69) is 54.3 Å². The average molecular weight is 226 g/mol. The monoisotopic (exact) mass is 226 g/mol. The Morgan fingerprint density at radius 1 is 1.29 bits per heavy atom. The molecule has 0 spiro atoms. The number of nitrogens with zero attached hydrogens (tertiary/aromatic N) is 2. The zero-order chi connectivity index (χ0) is 12.0. The van der Waals surface area contributed by atoms with Crippen LogP contribution in [-0.2, 0) is 20.0 Å². The summed E-state index contributed by atoms with van der Waals surface area (Å²) in [4.78, 5) is 2.36. The Balaban J connectivity index is 2.17. The van der Waals surface area contributed by atoms with Crippen molar-refractivity contribution < 1.29 is 0 Å². The van der Waals surface area contributed by atoms with Crippen molar-refractivity contribution in [2.45, 2.75) is 19.9 Å². The van der Waals surface area contributed by atoms with Gasteiger partial charge in [0.1, 0.15) is 0 Å². The molecule has 1 aromatic heterocycles. The first kappa shape index (κ1) is 10.5. The molecule has 2 heterocycles. The van der Waals surface area contributed by atoms with Gasteiger partial charge in [-0.15, -0.1) is 0 Å². The third kappa shape index (κ3) is 1.47. The molecule has 1 aliphatic rings. The highest BCUT2D eigenvalue weighted by molar-refractivity contribution is 5.85. The van der Waals surface area contributed by atoms with Crippen LogP contribution in [0.2, 0.25) is 0 Å². The van der Waals surface area contributed by atoms with E-state index in [0.717, 1.165) is 19.5 Å². The van der Waals surface area contributed by atoms with Gasteiger partial charge in [0.2, 0.25) is 0 Å². The van der Waals surface area contributed by atoms with Gasteiger partial charge in [-0.05, 0) is 25.0 Å². The summed E-state index contributed by atoms with van der Waals surface area (Å²) >= 11 is 0. The second-order valence-electron chi connectivity index (χ2n) is 4.91. The highest BCUT2D eigenvalue weighted by Gasteiger charge is 2.21. The van der Waals surface area contributed by atoms with Gasteiger partial charge in [-0.2, -0.15) is 0 Å². The molecule has 0 amide bonds. The summed E-state index contributed by atoms with van der Waals surface area (Å²) in [6.07, 6.45) is 1.13. The molecule has 0 atom stereocenters. The van der Waals surface area contributed by atoms with E-state index in [0.29, 0.717) is 0 Å². The first-order valence-electron chi connectivity index (χ1n) is 6.14. The first-order valence-corrected chi connectivity index (χ1v) is 6.14. The van der Waals surface area contributed by atoms with Gasteiger partial charge in [0.25, 0.3) is 0 Å². The second kappa shape index (κ2) is 3.66. The minimum Gasteiger partial charge on any atom is -0.369 e. The normalized spacial score (nSPS) is 15.1. The van der Waals surface area contributed by atoms with E-state index in [1.54, 1.807) is 0 Å². The van der Waals surface area contributed by atoms with Crippen LogP contribution in [-0.4, -0.2) is 16.0 Å². The van der Waals surface area contributed by atoms with E-state index in [1.165, 1.54) is 27.9 Å². The van der Waals surface area contributed by atoms with Crippen LogP contribution in [0.15, 0.2) is 36.5 Å². The van der Waals surface area contributed by atoms with Gasteiger partial charge in [-0.25, -0.2) is 0 Å². The van der Waals surface area contributed by atoms with Crippen molar-refractivity contribution in [3.8, 4) is 0 Å². The quantitative estimate of drug-likeness (QED) is 0.725. The fraction of sp³-hybridized carbons (Fsp3) is 0.333. The molecular formula is C15H18N2. The molecular weight excluding hydrogens is 208 g/mol. The van der Waals surface area contributed by atoms with Crippen LogP contribution in [0.4, 0.5) is 0 Å². The third-order valence-electron chi connectivity index (χ3n) is 3.86. The molecule has 0 saturated carbocycles. The van der Waals surface area contributed by atoms with Crippen molar-refractivity contribution >= 4 is 10.9 Å². The number of allylic oxidation sites excluding steroid dienone is 1. The largest absolute Gasteiger partial charge is 0.369 e. The van der Waals surface area contributed by atoms with Gasteiger partial charge in [0.15, 0.2) is 0 Å². The van der Waals surface area contributed by atoms with Crippen LogP contribution >= 0.6 is 0 Å². The van der Waals surface area contributed by atoms with E-state index in [1.807, 2.05) is 0 Å². The Labute approximate surface area is 102 Å². The average Bonchev–Trinajstić information content (AvgIpc) is 2.64. The fourth-order valence-electron chi connectivity index (χ4n) is 2.84. The number of aryl methyl sites for hydroxylation is 1. The fourth-order valence-corrected chi connectivity index (χ4v) is 2.84. The van der Waals surface area contributed by atoms with Crippen molar-refractivity contribution in [1.82, 2.24) is 9.47 Å². The summed E-state index contributed by atoms with van der Waals surface area (Å²) in [6.45, 7) is 8.23. The van der Waals surface area contributed by atoms with Crippen molar-refractivity contribution in [3.05, 3.63) is 47.8 Å². The number of aromatic nitrogens is 1. The molecule has 2 aromatic rings. The zero-order valence-corrected chi connectivity index (χ0v) is 10.5. The van der Waals surface area contributed by atoms with Gasteiger partial charge < -0.3 is 9.47 Å². The number of rotatable bonds is 1. The van der Waals surface area contributed by atoms with Gasteiger partial charge in [0, 0.05) is 35.9 Å². The summed E-state index contributed by atoms with van der Waals surface area (Å²) in [5, 5.41) is 1.42. The summed E-state index contributed by atoms with van der Waals surface area (Å²) in [5.74, 6) is 0. The Hall–Kier alpha value is -1.70. The second-order valence-corrected chi connectivity index (χ2v) is 4.91. The maximum atomic E-state index is 4.05. The van der Waals surface area contributed by atoms with Gasteiger partial charge in [0.05, 0.1) is 6.54 Å². The predicted molar refractivity (Wildman–Crippen MR) is 71.8 cm³/mol. The molecule has 88 valence electrons. The molecule has 3 rings (SSSR count). The standard InChI is InChI=1S/C15H18N2/c1-11(2)17-9-8-13-12-6-4-5-7-14(12)16(3)15(13)10-17/h4-7H,1,8-10H2,2-3H3. The van der Waals surface area contributed by atoms with Crippen LogP contribution in [0.3, 0.4) is 0 Å². The molecule has 0 bridgehead atoms. The van der Waals surface area contributed by atoms with Crippen LogP contribution in [0.25, 0.3) is 10.9 Å². The Morgan fingerprint density at radius 3 is 2.82 bits per heavy atom. The zero-order valence-electron chi connectivity index (χ0n) is 10.5. The summed E-state index contributed by atoms with van der Waals surface area (Å²) in [7, 11) is 2.17. The highest BCUT2D eigenvalue weighted by Crippen LogP contribution is 2.30. The SMILES string of the molecule is C=C(C)N1CCc2c(n(C)c3ccccc23)C1. The minimum absolute atomic E-state index is 0.996. The van der Waals surface area contributed by atoms with Crippen LogP contribution in [0.1, 0.15) is 18.2 Å². The third-order valence-corrected chi connectivity index (χ3v) is 3.86. The van der Waals surface area contributed by atoms with E-state index in [-0.39, 0.29) is 0 Å². The maximum absolute atomic E-state index is 4.05. The van der Waals surface area contributed by atoms with Crippen molar-refractivity contribution in [2.75, 3.05) is 6.54 Å². The maximum Gasteiger partial charge on any atom is 0.0581 e. The van der Waals surface area contributed by atoms with E-state index < -0.39 is 0 Å². The number of fused-ring (bicyclic) bond motifs is 3. The Morgan fingerprint density at radius 2 is 2.06 bits per heavy atom. The lowest BCUT2D eigenvalue weighted by molar-refractivity contribution is 0.316. The molecule has 1 aliphatic heterocycles. The molecule has 2 nitrogen and oxygen atoms in total. The summed E-state index contributed by atoms with van der Waals surface area (Å²) in [6, 6.07) is 8.70. The lowest BCUT2D eigenvalue weighted by Gasteiger charge is -2.29. The molecule has 0 unspecified atom stereocenters. The van der Waals surface area contributed by atoms with E-state index in [9.17, 15) is 0 Å². The topological polar surface area (TPSA) is 8.17 Å². The first-order chi connectivity index (χ1) is 8.18. The van der Waals surface area contributed by atoms with Crippen molar-refractivity contribution in [2.24, 2.45) is 7.05 Å². The molecule has 2 heteroatoms. The van der Waals surface area contributed by atoms with Crippen molar-refractivity contribution in [1.29, 1.82) is 0 Å². The molecule has 0 fully saturated rings. The van der Waals surface area contributed by atoms with Crippen LogP contribution < -0.4 is 0 Å². The smallest absolute Gasteiger partial charge is 0.0581 e. The molecule has 0 N–H and O–H groups in total. The van der Waals surface area contributed by atoms with Crippen LogP contribution in [0.5, 0.6) is 0 Å². The molecule has 1 aromatic carbocycles. The minimum atomic E-state index is 0.996. The van der Waals surface area contributed by atoms with Crippen LogP contribution in [0, 0.1) is 0 Å². The van der Waals surface area contributed by atoms with Crippen molar-refractivity contribution in [3.63, 3.8) is 0 Å². The summed E-state index contributed by atoms with van der Waals surface area (Å²) in [5.41, 5.74) is 5.49. The molecule has 0 saturated heterocycles. The lowest BCUT2D eigenvalue weighted by atomic mass is 10.0.